The summed E-state index contributed by atoms with van der Waals surface area (Å²) >= 11 is 6.83. The second-order valence-corrected chi connectivity index (χ2v) is 11.6. The van der Waals surface area contributed by atoms with Crippen molar-refractivity contribution in [2.75, 3.05) is 31.5 Å². The lowest BCUT2D eigenvalue weighted by Crippen LogP contribution is -2.49. The first-order valence-corrected chi connectivity index (χ1v) is 14.4. The highest BCUT2D eigenvalue weighted by Gasteiger charge is 2.35. The molecule has 202 valence electrons. The van der Waals surface area contributed by atoms with Crippen LogP contribution in [0.5, 0.6) is 0 Å². The molecule has 3 fully saturated rings. The van der Waals surface area contributed by atoms with E-state index in [9.17, 15) is 4.79 Å². The molecule has 7 rings (SSSR count). The quantitative estimate of drug-likeness (QED) is 0.315. The molecule has 2 aliphatic carbocycles. The Morgan fingerprint density at radius 2 is 1.97 bits per heavy atom. The number of amides is 1. The third-order valence-corrected chi connectivity index (χ3v) is 8.67. The van der Waals surface area contributed by atoms with Crippen LogP contribution in [0.3, 0.4) is 0 Å². The number of nitrogens with one attached hydrogen (secondary N) is 2. The lowest BCUT2D eigenvalue weighted by atomic mass is 10.1. The van der Waals surface area contributed by atoms with Gasteiger partial charge in [-0.3, -0.25) is 14.4 Å². The van der Waals surface area contributed by atoms with Gasteiger partial charge in [0.15, 0.2) is 0 Å². The van der Waals surface area contributed by atoms with E-state index in [2.05, 4.69) is 50.5 Å². The number of hydrogen-bond acceptors (Lipinski definition) is 6. The minimum atomic E-state index is 0.222. The zero-order valence-corrected chi connectivity index (χ0v) is 22.9. The second kappa shape index (κ2) is 9.95. The van der Waals surface area contributed by atoms with E-state index < -0.39 is 0 Å². The topological polar surface area (TPSA) is 95.0 Å². The Labute approximate surface area is 232 Å². The minimum absolute atomic E-state index is 0.222. The van der Waals surface area contributed by atoms with E-state index >= 15 is 0 Å². The van der Waals surface area contributed by atoms with Gasteiger partial charge in [-0.2, -0.15) is 5.10 Å². The molecular weight excluding hydrogens is 512 g/mol. The molecule has 1 aliphatic heterocycles. The molecule has 4 aromatic rings. The van der Waals surface area contributed by atoms with Crippen LogP contribution in [0.1, 0.15) is 44.2 Å². The number of pyridine rings is 1. The molecule has 1 saturated heterocycles. The van der Waals surface area contributed by atoms with Gasteiger partial charge in [0.05, 0.1) is 16.7 Å². The number of imidazole rings is 1. The van der Waals surface area contributed by atoms with E-state index in [0.29, 0.717) is 22.8 Å². The minimum Gasteiger partial charge on any atom is -0.340 e. The average molecular weight is 545 g/mol. The molecule has 2 N–H and O–H groups in total. The van der Waals surface area contributed by atoms with Crippen LogP contribution in [0.2, 0.25) is 5.02 Å². The molecule has 4 heterocycles. The van der Waals surface area contributed by atoms with Crippen LogP contribution in [-0.2, 0) is 11.3 Å². The van der Waals surface area contributed by atoms with Gasteiger partial charge in [-0.05, 0) is 62.3 Å². The normalized spacial score (nSPS) is 19.0. The molecule has 1 aromatic carbocycles. The number of nitrogens with zero attached hydrogens (tertiary/aromatic N) is 6. The zero-order chi connectivity index (χ0) is 26.5. The number of carbonyl (C=O) groups excluding carboxylic acids is 1. The maximum atomic E-state index is 12.4. The molecule has 0 radical (unpaired) electrons. The molecule has 3 aliphatic rings. The molecule has 1 atom stereocenters. The fraction of sp³-hybridized carbons (Fsp3) is 0.448. The van der Waals surface area contributed by atoms with Crippen molar-refractivity contribution in [3.8, 4) is 11.1 Å². The third kappa shape index (κ3) is 5.13. The van der Waals surface area contributed by atoms with Crippen molar-refractivity contribution >= 4 is 40.3 Å². The van der Waals surface area contributed by atoms with Gasteiger partial charge >= 0.3 is 0 Å². The van der Waals surface area contributed by atoms with E-state index in [1.54, 1.807) is 0 Å². The van der Waals surface area contributed by atoms with Gasteiger partial charge in [0, 0.05) is 68.2 Å². The Morgan fingerprint density at radius 1 is 1.15 bits per heavy atom. The summed E-state index contributed by atoms with van der Waals surface area (Å²) in [7, 11) is 0. The Kier molecular flexibility index (Phi) is 6.28. The van der Waals surface area contributed by atoms with Gasteiger partial charge in [-0.15, -0.1) is 0 Å². The SMILES string of the molecule is CC(c1ccnc(Nc2nc3c(Cl)c(-c4cnn(CC5CC5)c4)ccc3[nH]2)c1)N1CCN(C(=O)C2CC2)CC1. The number of fused-ring (bicyclic) bond motifs is 1. The predicted octanol–water partition coefficient (Wildman–Crippen LogP) is 5.24. The first-order valence-electron chi connectivity index (χ1n) is 14.0. The predicted molar refractivity (Wildman–Crippen MR) is 152 cm³/mol. The Bertz CT molecular complexity index is 1510. The number of piperazine rings is 1. The van der Waals surface area contributed by atoms with Gasteiger partial charge in [0.25, 0.3) is 0 Å². The summed E-state index contributed by atoms with van der Waals surface area (Å²) in [5.74, 6) is 2.72. The fourth-order valence-corrected chi connectivity index (χ4v) is 5.83. The fourth-order valence-electron chi connectivity index (χ4n) is 5.52. The molecule has 9 nitrogen and oxygen atoms in total. The highest BCUT2D eigenvalue weighted by molar-refractivity contribution is 6.37. The zero-order valence-electron chi connectivity index (χ0n) is 22.1. The number of H-pyrrole nitrogens is 1. The summed E-state index contributed by atoms with van der Waals surface area (Å²) in [4.78, 5) is 29.5. The molecule has 1 amide bonds. The van der Waals surface area contributed by atoms with Gasteiger partial charge < -0.3 is 15.2 Å². The van der Waals surface area contributed by atoms with Gasteiger partial charge in [-0.1, -0.05) is 17.7 Å². The van der Waals surface area contributed by atoms with Crippen molar-refractivity contribution in [2.45, 2.75) is 45.2 Å². The number of carbonyl (C=O) groups is 1. The van der Waals surface area contributed by atoms with E-state index in [1.807, 2.05) is 34.1 Å². The number of benzene rings is 1. The van der Waals surface area contributed by atoms with Crippen molar-refractivity contribution in [2.24, 2.45) is 11.8 Å². The molecule has 0 spiro atoms. The Balaban J connectivity index is 1.04. The number of rotatable bonds is 8. The van der Waals surface area contributed by atoms with E-state index in [0.717, 1.165) is 79.5 Å². The first kappa shape index (κ1) is 24.6. The lowest BCUT2D eigenvalue weighted by molar-refractivity contribution is -0.134. The van der Waals surface area contributed by atoms with E-state index in [1.165, 1.54) is 18.4 Å². The van der Waals surface area contributed by atoms with Crippen molar-refractivity contribution in [3.63, 3.8) is 0 Å². The number of aromatic amines is 1. The van der Waals surface area contributed by atoms with Crippen LogP contribution in [0.15, 0.2) is 42.9 Å². The van der Waals surface area contributed by atoms with Crippen LogP contribution in [0, 0.1) is 11.8 Å². The highest BCUT2D eigenvalue weighted by Crippen LogP contribution is 2.36. The van der Waals surface area contributed by atoms with Crippen LogP contribution in [0.25, 0.3) is 22.2 Å². The molecular formula is C29H33ClN8O. The van der Waals surface area contributed by atoms with Crippen LogP contribution < -0.4 is 5.32 Å². The van der Waals surface area contributed by atoms with Crippen molar-refractivity contribution < 1.29 is 4.79 Å². The number of halogens is 1. The lowest BCUT2D eigenvalue weighted by Gasteiger charge is -2.38. The smallest absolute Gasteiger partial charge is 0.225 e. The number of aromatic nitrogens is 5. The Hall–Kier alpha value is -3.43. The monoisotopic (exact) mass is 544 g/mol. The van der Waals surface area contributed by atoms with Gasteiger partial charge in [0.1, 0.15) is 11.3 Å². The van der Waals surface area contributed by atoms with Crippen molar-refractivity contribution in [3.05, 3.63) is 53.4 Å². The maximum absolute atomic E-state index is 12.4. The van der Waals surface area contributed by atoms with Crippen LogP contribution >= 0.6 is 11.6 Å². The number of anilines is 2. The van der Waals surface area contributed by atoms with Gasteiger partial charge in [-0.25, -0.2) is 9.97 Å². The van der Waals surface area contributed by atoms with Crippen molar-refractivity contribution in [1.82, 2.24) is 34.5 Å². The summed E-state index contributed by atoms with van der Waals surface area (Å²) in [6.07, 6.45) is 10.5. The van der Waals surface area contributed by atoms with Gasteiger partial charge in [0.2, 0.25) is 11.9 Å². The summed E-state index contributed by atoms with van der Waals surface area (Å²) < 4.78 is 2.01. The first-order chi connectivity index (χ1) is 19.0. The summed E-state index contributed by atoms with van der Waals surface area (Å²) in [5, 5.41) is 8.46. The maximum Gasteiger partial charge on any atom is 0.225 e. The molecule has 3 aromatic heterocycles. The van der Waals surface area contributed by atoms with Crippen LogP contribution in [-0.4, -0.2) is 66.6 Å². The number of hydrogen-bond donors (Lipinski definition) is 2. The third-order valence-electron chi connectivity index (χ3n) is 8.29. The molecule has 0 bridgehead atoms. The standard InChI is InChI=1S/C29H33ClN8O/c1-18(36-10-12-37(13-11-36)28(39)20-4-5-20)21-8-9-31-25(14-21)34-29-33-24-7-6-23(26(30)27(24)35-29)22-15-32-38(17-22)16-19-2-3-19/h6-9,14-15,17-20H,2-5,10-13,16H2,1H3,(H2,31,33,34,35). The van der Waals surface area contributed by atoms with Crippen LogP contribution in [0.4, 0.5) is 11.8 Å². The molecule has 10 heteroatoms. The molecule has 39 heavy (non-hydrogen) atoms. The average Bonchev–Trinajstić information content (AvgIpc) is 3.88. The Morgan fingerprint density at radius 3 is 2.74 bits per heavy atom. The second-order valence-electron chi connectivity index (χ2n) is 11.2. The summed E-state index contributed by atoms with van der Waals surface area (Å²) in [6.45, 7) is 6.56. The largest absolute Gasteiger partial charge is 0.340 e. The van der Waals surface area contributed by atoms with Crippen molar-refractivity contribution in [1.29, 1.82) is 0 Å². The summed E-state index contributed by atoms with van der Waals surface area (Å²) in [6, 6.07) is 8.37. The highest BCUT2D eigenvalue weighted by atomic mass is 35.5. The summed E-state index contributed by atoms with van der Waals surface area (Å²) in [5.41, 5.74) is 4.68. The molecule has 2 saturated carbocycles. The van der Waals surface area contributed by atoms with E-state index in [4.69, 9.17) is 16.6 Å². The van der Waals surface area contributed by atoms with E-state index in [-0.39, 0.29) is 6.04 Å². The molecule has 1 unspecified atom stereocenters.